The molecule has 0 spiro atoms. The van der Waals surface area contributed by atoms with Crippen LogP contribution in [0.1, 0.15) is 45.6 Å². The number of rotatable bonds is 7. The zero-order chi connectivity index (χ0) is 14.3. The first kappa shape index (κ1) is 15.4. The number of pyridine rings is 1. The summed E-state index contributed by atoms with van der Waals surface area (Å²) in [7, 11) is 0. The summed E-state index contributed by atoms with van der Waals surface area (Å²) in [5.74, 6) is 0.682. The van der Waals surface area contributed by atoms with Gasteiger partial charge in [-0.05, 0) is 24.8 Å². The molecule has 4 heteroatoms. The van der Waals surface area contributed by atoms with Crippen LogP contribution in [0.25, 0.3) is 0 Å². The first-order chi connectivity index (χ1) is 9.12. The van der Waals surface area contributed by atoms with Gasteiger partial charge in [0.25, 0.3) is 0 Å². The number of nitriles is 1. The molecule has 1 atom stereocenters. The van der Waals surface area contributed by atoms with E-state index in [1.807, 2.05) is 6.07 Å². The maximum absolute atomic E-state index is 13.1. The van der Waals surface area contributed by atoms with Crippen molar-refractivity contribution in [1.82, 2.24) is 4.98 Å². The summed E-state index contributed by atoms with van der Waals surface area (Å²) < 4.78 is 13.1. The molecule has 0 aliphatic carbocycles. The molecule has 0 fully saturated rings. The summed E-state index contributed by atoms with van der Waals surface area (Å²) in [5.41, 5.74) is 0.317. The smallest absolute Gasteiger partial charge is 0.146 e. The molecule has 1 aromatic rings. The second-order valence-electron chi connectivity index (χ2n) is 4.98. The molecule has 0 amide bonds. The lowest BCUT2D eigenvalue weighted by atomic mass is 10.1. The highest BCUT2D eigenvalue weighted by Crippen LogP contribution is 2.20. The predicted octanol–water partition coefficient (Wildman–Crippen LogP) is 3.74. The molecule has 19 heavy (non-hydrogen) atoms. The lowest BCUT2D eigenvalue weighted by Crippen LogP contribution is -2.30. The van der Waals surface area contributed by atoms with Gasteiger partial charge in [0.2, 0.25) is 0 Å². The second kappa shape index (κ2) is 7.73. The monoisotopic (exact) mass is 263 g/mol. The highest BCUT2D eigenvalue weighted by molar-refractivity contribution is 5.53. The Bertz CT molecular complexity index is 440. The molecular formula is C15H22FN3. The Morgan fingerprint density at radius 2 is 2.16 bits per heavy atom. The summed E-state index contributed by atoms with van der Waals surface area (Å²) >= 11 is 0. The number of hydrogen-bond donors (Lipinski definition) is 0. The topological polar surface area (TPSA) is 39.9 Å². The molecule has 0 aliphatic heterocycles. The van der Waals surface area contributed by atoms with E-state index in [0.717, 1.165) is 32.4 Å². The summed E-state index contributed by atoms with van der Waals surface area (Å²) in [6.45, 7) is 8.14. The summed E-state index contributed by atoms with van der Waals surface area (Å²) in [6, 6.07) is 3.30. The van der Waals surface area contributed by atoms with Gasteiger partial charge in [0, 0.05) is 13.1 Å². The number of aromatic nitrogens is 1. The number of nitrogens with zero attached hydrogens (tertiary/aromatic N) is 3. The molecule has 1 aromatic heterocycles. The van der Waals surface area contributed by atoms with Crippen molar-refractivity contribution in [3.8, 4) is 6.07 Å². The van der Waals surface area contributed by atoms with Crippen LogP contribution in [0.4, 0.5) is 10.2 Å². The molecule has 1 unspecified atom stereocenters. The van der Waals surface area contributed by atoms with Crippen LogP contribution in [-0.4, -0.2) is 18.1 Å². The average molecular weight is 263 g/mol. The fraction of sp³-hybridized carbons (Fsp3) is 0.600. The fourth-order valence-corrected chi connectivity index (χ4v) is 2.28. The van der Waals surface area contributed by atoms with Gasteiger partial charge in [-0.15, -0.1) is 0 Å². The lowest BCUT2D eigenvalue weighted by molar-refractivity contribution is 0.508. The highest BCUT2D eigenvalue weighted by Gasteiger charge is 2.15. The molecule has 0 N–H and O–H groups in total. The van der Waals surface area contributed by atoms with Crippen molar-refractivity contribution < 1.29 is 4.39 Å². The Morgan fingerprint density at radius 3 is 2.74 bits per heavy atom. The van der Waals surface area contributed by atoms with Gasteiger partial charge in [0.05, 0.1) is 11.8 Å². The number of halogens is 1. The van der Waals surface area contributed by atoms with Crippen LogP contribution in [0.2, 0.25) is 0 Å². The van der Waals surface area contributed by atoms with Crippen LogP contribution >= 0.6 is 0 Å². The van der Waals surface area contributed by atoms with Crippen molar-refractivity contribution >= 4 is 5.82 Å². The van der Waals surface area contributed by atoms with Crippen molar-refractivity contribution in [2.75, 3.05) is 18.0 Å². The van der Waals surface area contributed by atoms with E-state index in [-0.39, 0.29) is 0 Å². The van der Waals surface area contributed by atoms with Crippen molar-refractivity contribution in [2.45, 2.75) is 40.0 Å². The molecule has 0 radical (unpaired) electrons. The molecule has 3 nitrogen and oxygen atoms in total. The maximum atomic E-state index is 13.1. The molecular weight excluding hydrogens is 241 g/mol. The van der Waals surface area contributed by atoms with Crippen LogP contribution in [0.3, 0.4) is 0 Å². The van der Waals surface area contributed by atoms with Gasteiger partial charge >= 0.3 is 0 Å². The van der Waals surface area contributed by atoms with Crippen molar-refractivity contribution in [3.63, 3.8) is 0 Å². The normalized spacial score (nSPS) is 11.9. The zero-order valence-corrected chi connectivity index (χ0v) is 12.0. The zero-order valence-electron chi connectivity index (χ0n) is 12.0. The van der Waals surface area contributed by atoms with Gasteiger partial charge in [-0.2, -0.15) is 5.26 Å². The Hall–Kier alpha value is -1.63. The fourth-order valence-electron chi connectivity index (χ4n) is 2.28. The van der Waals surface area contributed by atoms with Crippen LogP contribution in [0.15, 0.2) is 12.3 Å². The second-order valence-corrected chi connectivity index (χ2v) is 4.98. The standard InChI is InChI=1S/C15H22FN3/c1-4-6-12(3)11-19(7-5-2)15-13(9-17)8-14(16)10-18-15/h8,10,12H,4-7,11H2,1-3H3. The first-order valence-electron chi connectivity index (χ1n) is 6.92. The first-order valence-corrected chi connectivity index (χ1v) is 6.92. The molecule has 0 saturated heterocycles. The number of anilines is 1. The van der Waals surface area contributed by atoms with E-state index in [4.69, 9.17) is 5.26 Å². The van der Waals surface area contributed by atoms with E-state index in [2.05, 4.69) is 30.7 Å². The van der Waals surface area contributed by atoms with E-state index >= 15 is 0 Å². The quantitative estimate of drug-likeness (QED) is 0.752. The Labute approximate surface area is 115 Å². The van der Waals surface area contributed by atoms with Gasteiger partial charge < -0.3 is 4.90 Å². The largest absolute Gasteiger partial charge is 0.355 e. The molecule has 1 heterocycles. The van der Waals surface area contributed by atoms with E-state index in [0.29, 0.717) is 17.3 Å². The minimum atomic E-state index is -0.460. The van der Waals surface area contributed by atoms with Crippen molar-refractivity contribution in [3.05, 3.63) is 23.6 Å². The van der Waals surface area contributed by atoms with Gasteiger partial charge in [0.1, 0.15) is 17.7 Å². The average Bonchev–Trinajstić information content (AvgIpc) is 2.38. The lowest BCUT2D eigenvalue weighted by Gasteiger charge is -2.27. The van der Waals surface area contributed by atoms with E-state index in [1.165, 1.54) is 12.3 Å². The maximum Gasteiger partial charge on any atom is 0.146 e. The summed E-state index contributed by atoms with van der Waals surface area (Å²) in [5, 5.41) is 9.11. The Kier molecular flexibility index (Phi) is 6.27. The van der Waals surface area contributed by atoms with Crippen LogP contribution < -0.4 is 4.90 Å². The minimum absolute atomic E-state index is 0.317. The summed E-state index contributed by atoms with van der Waals surface area (Å²) in [6.07, 6.45) is 4.44. The van der Waals surface area contributed by atoms with Crippen molar-refractivity contribution in [1.29, 1.82) is 5.26 Å². The highest BCUT2D eigenvalue weighted by atomic mass is 19.1. The van der Waals surface area contributed by atoms with E-state index in [1.54, 1.807) is 0 Å². The van der Waals surface area contributed by atoms with Gasteiger partial charge in [0.15, 0.2) is 0 Å². The van der Waals surface area contributed by atoms with E-state index in [9.17, 15) is 4.39 Å². The molecule has 1 rings (SSSR count). The molecule has 0 bridgehead atoms. The third kappa shape index (κ3) is 4.51. The molecule has 0 aliphatic rings. The van der Waals surface area contributed by atoms with Crippen LogP contribution in [0.5, 0.6) is 0 Å². The molecule has 0 saturated carbocycles. The van der Waals surface area contributed by atoms with Gasteiger partial charge in [-0.25, -0.2) is 9.37 Å². The molecule has 104 valence electrons. The number of hydrogen-bond acceptors (Lipinski definition) is 3. The predicted molar refractivity (Wildman–Crippen MR) is 75.5 cm³/mol. The third-order valence-electron chi connectivity index (χ3n) is 3.06. The van der Waals surface area contributed by atoms with E-state index < -0.39 is 5.82 Å². The Balaban J connectivity index is 2.95. The van der Waals surface area contributed by atoms with Crippen LogP contribution in [0, 0.1) is 23.1 Å². The van der Waals surface area contributed by atoms with Gasteiger partial charge in [-0.3, -0.25) is 0 Å². The Morgan fingerprint density at radius 1 is 1.42 bits per heavy atom. The van der Waals surface area contributed by atoms with Crippen molar-refractivity contribution in [2.24, 2.45) is 5.92 Å². The van der Waals surface area contributed by atoms with Gasteiger partial charge in [-0.1, -0.05) is 27.2 Å². The third-order valence-corrected chi connectivity index (χ3v) is 3.06. The van der Waals surface area contributed by atoms with Crippen LogP contribution in [-0.2, 0) is 0 Å². The minimum Gasteiger partial charge on any atom is -0.355 e. The SMILES string of the molecule is CCCC(C)CN(CCC)c1ncc(F)cc1C#N. The molecule has 0 aromatic carbocycles. The summed E-state index contributed by atoms with van der Waals surface area (Å²) in [4.78, 5) is 6.21.